The standard InChI is InChI=1S/C17H23FN4/c1-21(11-12-22-9-4-2-3-5-10-22)17-16-14(18)7-6-8-15(16)19-13-20-17/h6-8,13H,2-5,9-12H2,1H3. The van der Waals surface area contributed by atoms with E-state index in [9.17, 15) is 4.39 Å². The average molecular weight is 302 g/mol. The molecule has 1 aliphatic heterocycles. The van der Waals surface area contributed by atoms with E-state index in [-0.39, 0.29) is 5.82 Å². The first-order chi connectivity index (χ1) is 10.8. The lowest BCUT2D eigenvalue weighted by molar-refractivity contribution is 0.291. The topological polar surface area (TPSA) is 32.3 Å². The van der Waals surface area contributed by atoms with Crippen LogP contribution in [-0.2, 0) is 0 Å². The molecule has 2 aromatic rings. The number of halogens is 1. The van der Waals surface area contributed by atoms with Crippen LogP contribution in [0.4, 0.5) is 10.2 Å². The Morgan fingerprint density at radius 3 is 2.68 bits per heavy atom. The molecule has 0 amide bonds. The van der Waals surface area contributed by atoms with Crippen LogP contribution in [0.5, 0.6) is 0 Å². The Hall–Kier alpha value is -1.75. The first kappa shape index (κ1) is 15.2. The Balaban J connectivity index is 1.73. The van der Waals surface area contributed by atoms with Crippen molar-refractivity contribution in [1.82, 2.24) is 14.9 Å². The maximum absolute atomic E-state index is 14.1. The van der Waals surface area contributed by atoms with Gasteiger partial charge in [-0.3, -0.25) is 0 Å². The van der Waals surface area contributed by atoms with Gasteiger partial charge in [-0.2, -0.15) is 0 Å². The fraction of sp³-hybridized carbons (Fsp3) is 0.529. The molecule has 1 aromatic carbocycles. The number of likely N-dealkylation sites (tertiary alicyclic amines) is 1. The zero-order chi connectivity index (χ0) is 15.4. The highest BCUT2D eigenvalue weighted by atomic mass is 19.1. The quantitative estimate of drug-likeness (QED) is 0.869. The maximum Gasteiger partial charge on any atom is 0.142 e. The van der Waals surface area contributed by atoms with Crippen LogP contribution in [0.3, 0.4) is 0 Å². The summed E-state index contributed by atoms with van der Waals surface area (Å²) in [6.45, 7) is 4.19. The fourth-order valence-electron chi connectivity index (χ4n) is 3.10. The van der Waals surface area contributed by atoms with Crippen molar-refractivity contribution in [1.29, 1.82) is 0 Å². The number of anilines is 1. The molecule has 0 atom stereocenters. The van der Waals surface area contributed by atoms with Crippen LogP contribution < -0.4 is 4.90 Å². The first-order valence-electron chi connectivity index (χ1n) is 8.08. The van der Waals surface area contributed by atoms with Gasteiger partial charge >= 0.3 is 0 Å². The molecule has 0 N–H and O–H groups in total. The Kier molecular flexibility index (Phi) is 4.83. The van der Waals surface area contributed by atoms with Gasteiger partial charge in [0, 0.05) is 20.1 Å². The summed E-state index contributed by atoms with van der Waals surface area (Å²) in [6.07, 6.45) is 6.77. The zero-order valence-corrected chi connectivity index (χ0v) is 13.1. The number of hydrogen-bond donors (Lipinski definition) is 0. The third-order valence-corrected chi connectivity index (χ3v) is 4.40. The molecule has 1 fully saturated rings. The predicted octanol–water partition coefficient (Wildman–Crippen LogP) is 3.08. The molecule has 118 valence electrons. The van der Waals surface area contributed by atoms with E-state index in [4.69, 9.17) is 0 Å². The summed E-state index contributed by atoms with van der Waals surface area (Å²) in [5.74, 6) is 0.424. The van der Waals surface area contributed by atoms with Crippen molar-refractivity contribution in [2.24, 2.45) is 0 Å². The molecule has 5 heteroatoms. The number of aromatic nitrogens is 2. The molecule has 1 saturated heterocycles. The van der Waals surface area contributed by atoms with Gasteiger partial charge in [0.25, 0.3) is 0 Å². The zero-order valence-electron chi connectivity index (χ0n) is 13.1. The van der Waals surface area contributed by atoms with Crippen molar-refractivity contribution in [2.75, 3.05) is 38.1 Å². The number of rotatable bonds is 4. The number of likely N-dealkylation sites (N-methyl/N-ethyl adjacent to an activating group) is 1. The normalized spacial score (nSPS) is 16.6. The molecule has 4 nitrogen and oxygen atoms in total. The largest absolute Gasteiger partial charge is 0.358 e. The van der Waals surface area contributed by atoms with E-state index in [1.165, 1.54) is 51.2 Å². The lowest BCUT2D eigenvalue weighted by atomic mass is 10.2. The van der Waals surface area contributed by atoms with E-state index in [2.05, 4.69) is 14.9 Å². The molecule has 0 spiro atoms. The van der Waals surface area contributed by atoms with Gasteiger partial charge in [-0.25, -0.2) is 14.4 Å². The molecule has 0 saturated carbocycles. The third kappa shape index (κ3) is 3.35. The Bertz CT molecular complexity index is 618. The number of nitrogens with zero attached hydrogens (tertiary/aromatic N) is 4. The third-order valence-electron chi connectivity index (χ3n) is 4.40. The fourth-order valence-corrected chi connectivity index (χ4v) is 3.10. The smallest absolute Gasteiger partial charge is 0.142 e. The van der Waals surface area contributed by atoms with Crippen LogP contribution in [-0.4, -0.2) is 48.1 Å². The van der Waals surface area contributed by atoms with Gasteiger partial charge in [0.15, 0.2) is 0 Å². The van der Waals surface area contributed by atoms with Crippen LogP contribution in [0.25, 0.3) is 10.9 Å². The monoisotopic (exact) mass is 302 g/mol. The number of fused-ring (bicyclic) bond motifs is 1. The molecule has 0 unspecified atom stereocenters. The van der Waals surface area contributed by atoms with Gasteiger partial charge in [-0.15, -0.1) is 0 Å². The summed E-state index contributed by atoms with van der Waals surface area (Å²) in [5, 5.41) is 0.517. The lowest BCUT2D eigenvalue weighted by Crippen LogP contribution is -2.34. The van der Waals surface area contributed by atoms with Crippen LogP contribution in [0.2, 0.25) is 0 Å². The van der Waals surface area contributed by atoms with Crippen molar-refractivity contribution in [3.63, 3.8) is 0 Å². The molecular weight excluding hydrogens is 279 g/mol. The van der Waals surface area contributed by atoms with E-state index in [0.29, 0.717) is 16.7 Å². The van der Waals surface area contributed by atoms with Crippen molar-refractivity contribution in [2.45, 2.75) is 25.7 Å². The average Bonchev–Trinajstić information content (AvgIpc) is 2.81. The van der Waals surface area contributed by atoms with Gasteiger partial charge in [0.1, 0.15) is 18.0 Å². The highest BCUT2D eigenvalue weighted by molar-refractivity contribution is 5.89. The van der Waals surface area contributed by atoms with Crippen molar-refractivity contribution >= 4 is 16.7 Å². The molecule has 3 rings (SSSR count). The van der Waals surface area contributed by atoms with E-state index >= 15 is 0 Å². The number of hydrogen-bond acceptors (Lipinski definition) is 4. The summed E-state index contributed by atoms with van der Waals surface area (Å²) >= 11 is 0. The van der Waals surface area contributed by atoms with E-state index in [1.807, 2.05) is 18.0 Å². The van der Waals surface area contributed by atoms with E-state index in [0.717, 1.165) is 13.1 Å². The molecule has 2 heterocycles. The van der Waals surface area contributed by atoms with Gasteiger partial charge < -0.3 is 9.80 Å². The SMILES string of the molecule is CN(CCN1CCCCCC1)c1ncnc2cccc(F)c12. The van der Waals surface area contributed by atoms with Crippen LogP contribution in [0.15, 0.2) is 24.5 Å². The maximum atomic E-state index is 14.1. The molecule has 0 radical (unpaired) electrons. The van der Waals surface area contributed by atoms with Gasteiger partial charge in [0.05, 0.1) is 10.9 Å². The molecule has 22 heavy (non-hydrogen) atoms. The van der Waals surface area contributed by atoms with Crippen molar-refractivity contribution < 1.29 is 4.39 Å². The summed E-state index contributed by atoms with van der Waals surface area (Å²) < 4.78 is 14.1. The second-order valence-electron chi connectivity index (χ2n) is 6.01. The molecule has 1 aliphatic rings. The Morgan fingerprint density at radius 1 is 1.14 bits per heavy atom. The summed E-state index contributed by atoms with van der Waals surface area (Å²) in [7, 11) is 1.98. The highest BCUT2D eigenvalue weighted by Gasteiger charge is 2.14. The second kappa shape index (κ2) is 7.01. The van der Waals surface area contributed by atoms with Crippen LogP contribution >= 0.6 is 0 Å². The molecule has 0 bridgehead atoms. The van der Waals surface area contributed by atoms with Crippen LogP contribution in [0, 0.1) is 5.82 Å². The number of benzene rings is 1. The van der Waals surface area contributed by atoms with Crippen LogP contribution in [0.1, 0.15) is 25.7 Å². The summed E-state index contributed by atoms with van der Waals surface area (Å²) in [6, 6.07) is 4.98. The van der Waals surface area contributed by atoms with Crippen molar-refractivity contribution in [3.05, 3.63) is 30.3 Å². The summed E-state index contributed by atoms with van der Waals surface area (Å²) in [4.78, 5) is 13.0. The van der Waals surface area contributed by atoms with Gasteiger partial charge in [0.2, 0.25) is 0 Å². The molecule has 1 aromatic heterocycles. The van der Waals surface area contributed by atoms with E-state index in [1.54, 1.807) is 6.07 Å². The second-order valence-corrected chi connectivity index (χ2v) is 6.01. The Labute approximate surface area is 131 Å². The predicted molar refractivity (Wildman–Crippen MR) is 87.7 cm³/mol. The Morgan fingerprint density at radius 2 is 1.91 bits per heavy atom. The molecular formula is C17H23FN4. The van der Waals surface area contributed by atoms with E-state index < -0.39 is 0 Å². The van der Waals surface area contributed by atoms with Crippen molar-refractivity contribution in [3.8, 4) is 0 Å². The van der Waals surface area contributed by atoms with Gasteiger partial charge in [-0.1, -0.05) is 18.9 Å². The van der Waals surface area contributed by atoms with Gasteiger partial charge in [-0.05, 0) is 38.1 Å². The minimum atomic E-state index is -0.255. The minimum absolute atomic E-state index is 0.255. The lowest BCUT2D eigenvalue weighted by Gasteiger charge is -2.25. The minimum Gasteiger partial charge on any atom is -0.358 e. The molecule has 0 aliphatic carbocycles. The first-order valence-corrected chi connectivity index (χ1v) is 8.08. The highest BCUT2D eigenvalue weighted by Crippen LogP contribution is 2.24. The summed E-state index contributed by atoms with van der Waals surface area (Å²) in [5.41, 5.74) is 0.659.